The molecule has 17 heavy (non-hydrogen) atoms. The molecule has 0 N–H and O–H groups in total. The summed E-state index contributed by atoms with van der Waals surface area (Å²) in [5, 5.41) is 1.11. The molecule has 88 valence electrons. The van der Waals surface area contributed by atoms with E-state index >= 15 is 0 Å². The van der Waals surface area contributed by atoms with E-state index in [-0.39, 0.29) is 12.5 Å². The van der Waals surface area contributed by atoms with Crippen LogP contribution in [-0.4, -0.2) is 32.7 Å². The molecular formula is C13H13NO2Se. The zero-order chi connectivity index (χ0) is 12.3. The zero-order valence-electron chi connectivity index (χ0n) is 9.55. The molecule has 1 aromatic carbocycles. The fourth-order valence-electron chi connectivity index (χ4n) is 1.74. The van der Waals surface area contributed by atoms with Gasteiger partial charge in [0.1, 0.15) is 0 Å². The van der Waals surface area contributed by atoms with Crippen molar-refractivity contribution < 1.29 is 9.53 Å². The maximum absolute atomic E-state index is 11.5. The van der Waals surface area contributed by atoms with Crippen molar-refractivity contribution in [2.45, 2.75) is 13.5 Å². The van der Waals surface area contributed by atoms with Gasteiger partial charge in [-0.3, -0.25) is 0 Å². The number of ether oxygens (including phenoxy) is 1. The van der Waals surface area contributed by atoms with Crippen LogP contribution in [0.15, 0.2) is 36.5 Å². The SMILES string of the molecule is CCOC(=O)Cn1ccc(=[Se])c2ccccc21. The number of esters is 1. The van der Waals surface area contributed by atoms with Gasteiger partial charge in [0, 0.05) is 0 Å². The van der Waals surface area contributed by atoms with E-state index in [9.17, 15) is 4.79 Å². The molecule has 0 amide bonds. The third-order valence-electron chi connectivity index (χ3n) is 2.49. The van der Waals surface area contributed by atoms with E-state index in [1.165, 1.54) is 0 Å². The minimum atomic E-state index is -0.213. The Labute approximate surface area is 107 Å². The molecule has 1 aromatic heterocycles. The van der Waals surface area contributed by atoms with Gasteiger partial charge in [-0.1, -0.05) is 0 Å². The average molecular weight is 294 g/mol. The normalized spacial score (nSPS) is 10.4. The van der Waals surface area contributed by atoms with Crippen molar-refractivity contribution in [1.29, 1.82) is 0 Å². The van der Waals surface area contributed by atoms with Crippen molar-refractivity contribution in [2.75, 3.05) is 6.61 Å². The van der Waals surface area contributed by atoms with Gasteiger partial charge in [0.25, 0.3) is 0 Å². The van der Waals surface area contributed by atoms with Crippen LogP contribution in [0.3, 0.4) is 0 Å². The number of benzene rings is 1. The molecule has 0 aliphatic rings. The molecule has 2 aromatic rings. The molecule has 0 aliphatic carbocycles. The molecule has 0 atom stereocenters. The summed E-state index contributed by atoms with van der Waals surface area (Å²) < 4.78 is 7.94. The standard InChI is InChI=1S/C13H13NO2Se/c1-2-16-13(15)9-14-8-7-12(17)10-5-3-4-6-11(10)14/h3-8H,2,9H2,1H3. The van der Waals surface area contributed by atoms with Gasteiger partial charge in [-0.25, -0.2) is 0 Å². The van der Waals surface area contributed by atoms with Crippen LogP contribution in [0, 0.1) is 4.06 Å². The Morgan fingerprint density at radius 2 is 2.12 bits per heavy atom. The maximum atomic E-state index is 11.5. The van der Waals surface area contributed by atoms with Crippen LogP contribution >= 0.6 is 0 Å². The van der Waals surface area contributed by atoms with Gasteiger partial charge in [-0.15, -0.1) is 0 Å². The molecule has 0 spiro atoms. The molecule has 0 saturated carbocycles. The summed E-state index contributed by atoms with van der Waals surface area (Å²) in [6, 6.07) is 9.93. The van der Waals surface area contributed by atoms with Crippen LogP contribution in [0.5, 0.6) is 0 Å². The summed E-state index contributed by atoms with van der Waals surface area (Å²) in [7, 11) is 0. The molecule has 0 unspecified atom stereocenters. The first-order valence-electron chi connectivity index (χ1n) is 5.46. The molecule has 0 saturated heterocycles. The predicted molar refractivity (Wildman–Crippen MR) is 67.6 cm³/mol. The summed E-state index contributed by atoms with van der Waals surface area (Å²) in [5.41, 5.74) is 1.02. The molecule has 0 radical (unpaired) electrons. The van der Waals surface area contributed by atoms with Crippen LogP contribution < -0.4 is 0 Å². The third kappa shape index (κ3) is 2.65. The van der Waals surface area contributed by atoms with Gasteiger partial charge in [0.15, 0.2) is 0 Å². The number of carbonyl (C=O) groups is 1. The van der Waals surface area contributed by atoms with E-state index in [4.69, 9.17) is 4.74 Å². The van der Waals surface area contributed by atoms with Gasteiger partial charge in [-0.2, -0.15) is 0 Å². The van der Waals surface area contributed by atoms with E-state index in [0.29, 0.717) is 6.61 Å². The number of carbonyl (C=O) groups excluding carboxylic acids is 1. The first kappa shape index (κ1) is 12.1. The van der Waals surface area contributed by atoms with E-state index in [1.807, 2.05) is 48.0 Å². The van der Waals surface area contributed by atoms with Crippen LogP contribution in [0.2, 0.25) is 0 Å². The summed E-state index contributed by atoms with van der Waals surface area (Å²) in [5.74, 6) is -0.213. The molecule has 1 heterocycles. The van der Waals surface area contributed by atoms with E-state index < -0.39 is 0 Å². The number of aromatic nitrogens is 1. The Balaban J connectivity index is 2.45. The summed E-state index contributed by atoms with van der Waals surface area (Å²) >= 11 is 3.02. The van der Waals surface area contributed by atoms with E-state index in [0.717, 1.165) is 15.0 Å². The van der Waals surface area contributed by atoms with Crippen molar-refractivity contribution in [3.8, 4) is 0 Å². The van der Waals surface area contributed by atoms with Gasteiger partial charge < -0.3 is 0 Å². The van der Waals surface area contributed by atoms with Gasteiger partial charge >= 0.3 is 107 Å². The molecular weight excluding hydrogens is 281 g/mol. The van der Waals surface area contributed by atoms with Crippen LogP contribution in [-0.2, 0) is 16.1 Å². The van der Waals surface area contributed by atoms with E-state index in [1.54, 1.807) is 0 Å². The molecule has 0 bridgehead atoms. The Morgan fingerprint density at radius 3 is 2.88 bits per heavy atom. The third-order valence-corrected chi connectivity index (χ3v) is 3.24. The summed E-state index contributed by atoms with van der Waals surface area (Å²) in [4.78, 5) is 11.5. The fraction of sp³-hybridized carbons (Fsp3) is 0.231. The first-order valence-corrected chi connectivity index (χ1v) is 6.32. The van der Waals surface area contributed by atoms with Crippen LogP contribution in [0.1, 0.15) is 6.92 Å². The predicted octanol–water partition coefficient (Wildman–Crippen LogP) is 1.90. The molecule has 0 aliphatic heterocycles. The fourth-order valence-corrected chi connectivity index (χ4v) is 2.23. The number of hydrogen-bond acceptors (Lipinski definition) is 2. The number of nitrogens with zero attached hydrogens (tertiary/aromatic N) is 1. The average Bonchev–Trinajstić information content (AvgIpc) is 2.34. The molecule has 0 fully saturated rings. The first-order chi connectivity index (χ1) is 8.22. The Bertz CT molecular complexity index is 604. The van der Waals surface area contributed by atoms with E-state index in [2.05, 4.69) is 15.6 Å². The van der Waals surface area contributed by atoms with Crippen molar-refractivity contribution in [3.05, 3.63) is 40.6 Å². The zero-order valence-corrected chi connectivity index (χ0v) is 11.3. The Kier molecular flexibility index (Phi) is 3.77. The summed E-state index contributed by atoms with van der Waals surface area (Å²) in [6.45, 7) is 2.47. The number of hydrogen-bond donors (Lipinski definition) is 0. The monoisotopic (exact) mass is 295 g/mol. The second-order valence-corrected chi connectivity index (χ2v) is 4.55. The Morgan fingerprint density at radius 1 is 1.35 bits per heavy atom. The van der Waals surface area contributed by atoms with Gasteiger partial charge in [0.2, 0.25) is 0 Å². The molecule has 2 rings (SSSR count). The van der Waals surface area contributed by atoms with Crippen molar-refractivity contribution in [3.63, 3.8) is 0 Å². The second kappa shape index (κ2) is 5.30. The number of para-hydroxylation sites is 1. The number of fused-ring (bicyclic) bond motifs is 1. The molecule has 3 nitrogen and oxygen atoms in total. The Hall–Kier alpha value is -1.38. The quantitative estimate of drug-likeness (QED) is 0.639. The van der Waals surface area contributed by atoms with Crippen molar-refractivity contribution in [1.82, 2.24) is 4.57 Å². The van der Waals surface area contributed by atoms with Gasteiger partial charge in [-0.05, 0) is 0 Å². The number of rotatable bonds is 3. The van der Waals surface area contributed by atoms with Crippen molar-refractivity contribution >= 4 is 32.4 Å². The summed E-state index contributed by atoms with van der Waals surface area (Å²) in [6.07, 6.45) is 1.89. The molecule has 4 heteroatoms. The van der Waals surface area contributed by atoms with Crippen LogP contribution in [0.25, 0.3) is 10.9 Å². The van der Waals surface area contributed by atoms with Crippen LogP contribution in [0.4, 0.5) is 0 Å². The van der Waals surface area contributed by atoms with Gasteiger partial charge in [0.05, 0.1) is 0 Å². The number of pyridine rings is 1. The second-order valence-electron chi connectivity index (χ2n) is 3.63. The topological polar surface area (TPSA) is 31.2 Å². The van der Waals surface area contributed by atoms with Crippen molar-refractivity contribution in [2.24, 2.45) is 0 Å². The minimum absolute atomic E-state index is 0.213.